The number of piperidine rings is 1. The molecular weight excluding hydrogens is 326 g/mol. The quantitative estimate of drug-likeness (QED) is 0.760. The summed E-state index contributed by atoms with van der Waals surface area (Å²) in [5.74, 6) is 2.00. The zero-order valence-electron chi connectivity index (χ0n) is 14.9. The predicted octanol–water partition coefficient (Wildman–Crippen LogP) is 3.77. The van der Waals surface area contributed by atoms with E-state index in [-0.39, 0.29) is 6.10 Å². The summed E-state index contributed by atoms with van der Waals surface area (Å²) in [4.78, 5) is 4.58. The van der Waals surface area contributed by atoms with Gasteiger partial charge in [-0.25, -0.2) is 0 Å². The van der Waals surface area contributed by atoms with Crippen molar-refractivity contribution >= 4 is 0 Å². The van der Waals surface area contributed by atoms with Gasteiger partial charge in [-0.2, -0.15) is 4.98 Å². The molecule has 0 atom stereocenters. The number of rotatable bonds is 5. The molecule has 5 heteroatoms. The number of benzene rings is 2. The van der Waals surface area contributed by atoms with Crippen molar-refractivity contribution in [1.29, 1.82) is 0 Å². The highest BCUT2D eigenvalue weighted by atomic mass is 16.5. The van der Waals surface area contributed by atoms with Crippen molar-refractivity contribution in [2.24, 2.45) is 0 Å². The van der Waals surface area contributed by atoms with Crippen LogP contribution in [-0.4, -0.2) is 29.3 Å². The van der Waals surface area contributed by atoms with E-state index >= 15 is 0 Å². The third-order valence-electron chi connectivity index (χ3n) is 4.65. The Morgan fingerprint density at radius 2 is 1.85 bits per heavy atom. The maximum Gasteiger partial charge on any atom is 0.261 e. The molecule has 26 heavy (non-hydrogen) atoms. The van der Waals surface area contributed by atoms with Gasteiger partial charge in [0.25, 0.3) is 5.89 Å². The van der Waals surface area contributed by atoms with Crippen molar-refractivity contribution in [3.63, 3.8) is 0 Å². The summed E-state index contributed by atoms with van der Waals surface area (Å²) in [5, 5.41) is 7.50. The minimum Gasteiger partial charge on any atom is -0.489 e. The highest BCUT2D eigenvalue weighted by Gasteiger charge is 2.19. The van der Waals surface area contributed by atoms with Gasteiger partial charge >= 0.3 is 0 Å². The van der Waals surface area contributed by atoms with Gasteiger partial charge in [-0.1, -0.05) is 47.1 Å². The number of hydrogen-bond acceptors (Lipinski definition) is 5. The largest absolute Gasteiger partial charge is 0.489 e. The summed E-state index contributed by atoms with van der Waals surface area (Å²) in [5.41, 5.74) is 3.27. The molecule has 134 valence electrons. The van der Waals surface area contributed by atoms with E-state index in [1.165, 1.54) is 11.1 Å². The predicted molar refractivity (Wildman–Crippen MR) is 100 cm³/mol. The number of nitrogens with zero attached hydrogens (tertiary/aromatic N) is 2. The van der Waals surface area contributed by atoms with Gasteiger partial charge in [0.2, 0.25) is 0 Å². The Morgan fingerprint density at radius 3 is 2.65 bits per heavy atom. The van der Waals surface area contributed by atoms with Crippen LogP contribution in [0.5, 0.6) is 5.75 Å². The van der Waals surface area contributed by atoms with Crippen molar-refractivity contribution in [3.8, 4) is 17.2 Å². The van der Waals surface area contributed by atoms with Gasteiger partial charge in [0.05, 0.1) is 5.56 Å². The number of para-hydroxylation sites is 1. The first-order valence-corrected chi connectivity index (χ1v) is 9.13. The molecule has 1 fully saturated rings. The molecule has 2 aromatic carbocycles. The summed E-state index contributed by atoms with van der Waals surface area (Å²) in [6.07, 6.45) is 2.90. The first-order chi connectivity index (χ1) is 12.8. The monoisotopic (exact) mass is 349 g/mol. The Balaban J connectivity index is 1.52. The Morgan fingerprint density at radius 1 is 1.08 bits per heavy atom. The molecule has 2 heterocycles. The normalized spacial score (nSPS) is 15.1. The van der Waals surface area contributed by atoms with Crippen LogP contribution in [0.3, 0.4) is 0 Å². The molecule has 0 spiro atoms. The van der Waals surface area contributed by atoms with Gasteiger partial charge in [-0.15, -0.1) is 0 Å². The van der Waals surface area contributed by atoms with Crippen molar-refractivity contribution in [2.75, 3.05) is 13.1 Å². The molecule has 0 saturated carbocycles. The highest BCUT2D eigenvalue weighted by molar-refractivity contribution is 5.62. The first kappa shape index (κ1) is 16.8. The smallest absolute Gasteiger partial charge is 0.261 e. The Labute approximate surface area is 153 Å². The van der Waals surface area contributed by atoms with Crippen LogP contribution in [0.2, 0.25) is 0 Å². The highest BCUT2D eigenvalue weighted by Crippen LogP contribution is 2.30. The molecule has 1 saturated heterocycles. The summed E-state index contributed by atoms with van der Waals surface area (Å²) in [6.45, 7) is 4.07. The van der Waals surface area contributed by atoms with E-state index in [9.17, 15) is 0 Å². The van der Waals surface area contributed by atoms with Crippen LogP contribution in [0.25, 0.3) is 11.5 Å². The van der Waals surface area contributed by atoms with E-state index in [2.05, 4.69) is 46.6 Å². The lowest BCUT2D eigenvalue weighted by atomic mass is 10.1. The molecule has 0 radical (unpaired) electrons. The molecule has 0 unspecified atom stereocenters. The van der Waals surface area contributed by atoms with E-state index in [1.54, 1.807) is 0 Å². The van der Waals surface area contributed by atoms with E-state index in [1.807, 2.05) is 24.3 Å². The Bertz CT molecular complexity index is 852. The van der Waals surface area contributed by atoms with Crippen LogP contribution < -0.4 is 10.1 Å². The molecule has 5 nitrogen and oxygen atoms in total. The molecule has 1 aromatic heterocycles. The zero-order chi connectivity index (χ0) is 17.8. The number of ether oxygens (including phenoxy) is 1. The summed E-state index contributed by atoms with van der Waals surface area (Å²) >= 11 is 0. The summed E-state index contributed by atoms with van der Waals surface area (Å²) in [6, 6.07) is 16.3. The first-order valence-electron chi connectivity index (χ1n) is 9.13. The lowest BCUT2D eigenvalue weighted by Crippen LogP contribution is -2.34. The Hall–Kier alpha value is -2.66. The van der Waals surface area contributed by atoms with Crippen LogP contribution in [0.15, 0.2) is 53.1 Å². The topological polar surface area (TPSA) is 60.2 Å². The molecule has 1 N–H and O–H groups in total. The standard InChI is InChI=1S/C21H23N3O2/c1-15-6-8-16(9-7-15)14-20-23-21(26-24-20)18-4-2-3-5-19(18)25-17-10-12-22-13-11-17/h2-9,17,22H,10-14H2,1H3. The second-order valence-electron chi connectivity index (χ2n) is 6.74. The molecule has 1 aliphatic heterocycles. The van der Waals surface area contributed by atoms with Crippen molar-refractivity contribution in [2.45, 2.75) is 32.3 Å². The number of nitrogens with one attached hydrogen (secondary N) is 1. The van der Waals surface area contributed by atoms with E-state index in [0.29, 0.717) is 18.1 Å². The fourth-order valence-corrected chi connectivity index (χ4v) is 3.16. The maximum absolute atomic E-state index is 6.21. The van der Waals surface area contributed by atoms with E-state index in [4.69, 9.17) is 9.26 Å². The van der Waals surface area contributed by atoms with Crippen molar-refractivity contribution in [3.05, 3.63) is 65.5 Å². The minimum atomic E-state index is 0.229. The van der Waals surface area contributed by atoms with Crippen LogP contribution in [0.4, 0.5) is 0 Å². The van der Waals surface area contributed by atoms with Gasteiger partial charge in [0, 0.05) is 6.42 Å². The van der Waals surface area contributed by atoms with Gasteiger partial charge in [-0.05, 0) is 50.6 Å². The van der Waals surface area contributed by atoms with Gasteiger partial charge in [0.15, 0.2) is 5.82 Å². The lowest BCUT2D eigenvalue weighted by Gasteiger charge is -2.24. The molecular formula is C21H23N3O2. The molecule has 0 amide bonds. The number of hydrogen-bond donors (Lipinski definition) is 1. The fraction of sp³-hybridized carbons (Fsp3) is 0.333. The average Bonchev–Trinajstić information content (AvgIpc) is 3.13. The molecule has 0 bridgehead atoms. The third-order valence-corrected chi connectivity index (χ3v) is 4.65. The maximum atomic E-state index is 6.21. The fourth-order valence-electron chi connectivity index (χ4n) is 3.16. The number of aryl methyl sites for hydroxylation is 1. The lowest BCUT2D eigenvalue weighted by molar-refractivity contribution is 0.163. The molecule has 1 aliphatic rings. The van der Waals surface area contributed by atoms with E-state index in [0.717, 1.165) is 37.2 Å². The van der Waals surface area contributed by atoms with Crippen LogP contribution in [0.1, 0.15) is 29.8 Å². The van der Waals surface area contributed by atoms with E-state index < -0.39 is 0 Å². The van der Waals surface area contributed by atoms with Gasteiger partial charge < -0.3 is 14.6 Å². The molecule has 4 rings (SSSR count). The van der Waals surface area contributed by atoms with Crippen molar-refractivity contribution < 1.29 is 9.26 Å². The summed E-state index contributed by atoms with van der Waals surface area (Å²) in [7, 11) is 0. The molecule has 3 aromatic rings. The second-order valence-corrected chi connectivity index (χ2v) is 6.74. The Kier molecular flexibility index (Phi) is 4.97. The number of aromatic nitrogens is 2. The third kappa shape index (κ3) is 3.94. The van der Waals surface area contributed by atoms with Crippen LogP contribution in [-0.2, 0) is 6.42 Å². The van der Waals surface area contributed by atoms with Crippen LogP contribution >= 0.6 is 0 Å². The van der Waals surface area contributed by atoms with Crippen molar-refractivity contribution in [1.82, 2.24) is 15.5 Å². The zero-order valence-corrected chi connectivity index (χ0v) is 14.9. The van der Waals surface area contributed by atoms with Gasteiger partial charge in [0.1, 0.15) is 11.9 Å². The minimum absolute atomic E-state index is 0.229. The van der Waals surface area contributed by atoms with Crippen LogP contribution in [0, 0.1) is 6.92 Å². The second kappa shape index (κ2) is 7.70. The molecule has 0 aliphatic carbocycles. The SMILES string of the molecule is Cc1ccc(Cc2noc(-c3ccccc3OC3CCNCC3)n2)cc1. The average molecular weight is 349 g/mol. The summed E-state index contributed by atoms with van der Waals surface area (Å²) < 4.78 is 11.7. The van der Waals surface area contributed by atoms with Gasteiger partial charge in [-0.3, -0.25) is 0 Å².